The van der Waals surface area contributed by atoms with Crippen LogP contribution in [0.1, 0.15) is 10.4 Å². The Labute approximate surface area is 138 Å². The highest BCUT2D eigenvalue weighted by Gasteiger charge is 2.15. The number of nitrogens with one attached hydrogen (secondary N) is 1. The maximum absolute atomic E-state index is 13.4. The molecule has 0 aliphatic rings. The summed E-state index contributed by atoms with van der Waals surface area (Å²) in [5.74, 6) is -1.05. The lowest BCUT2D eigenvalue weighted by molar-refractivity contribution is 0.102. The van der Waals surface area contributed by atoms with E-state index in [1.807, 2.05) is 0 Å². The van der Waals surface area contributed by atoms with E-state index in [1.165, 1.54) is 30.3 Å². The SMILES string of the molecule is O=C(Nc1cc(Cl)c(Cl)cc1Cl)c1cccc(F)c1Br. The second-order valence-corrected chi connectivity index (χ2v) is 5.82. The number of hydrogen-bond donors (Lipinski definition) is 1. The molecule has 7 heteroatoms. The minimum atomic E-state index is -0.530. The first-order valence-electron chi connectivity index (χ1n) is 5.30. The Balaban J connectivity index is 2.33. The number of halogens is 5. The largest absolute Gasteiger partial charge is 0.321 e. The van der Waals surface area contributed by atoms with E-state index >= 15 is 0 Å². The van der Waals surface area contributed by atoms with Crippen molar-refractivity contribution in [3.05, 3.63) is 61.3 Å². The van der Waals surface area contributed by atoms with Crippen LogP contribution >= 0.6 is 50.7 Å². The average Bonchev–Trinajstić information content (AvgIpc) is 2.39. The average molecular weight is 397 g/mol. The third-order valence-electron chi connectivity index (χ3n) is 2.45. The van der Waals surface area contributed by atoms with Crippen molar-refractivity contribution in [2.75, 3.05) is 5.32 Å². The van der Waals surface area contributed by atoms with Gasteiger partial charge in [0.25, 0.3) is 5.91 Å². The van der Waals surface area contributed by atoms with E-state index in [1.54, 1.807) is 0 Å². The maximum atomic E-state index is 13.4. The smallest absolute Gasteiger partial charge is 0.256 e. The van der Waals surface area contributed by atoms with E-state index in [2.05, 4.69) is 21.2 Å². The van der Waals surface area contributed by atoms with Crippen LogP contribution in [0.25, 0.3) is 0 Å². The van der Waals surface area contributed by atoms with Gasteiger partial charge < -0.3 is 5.32 Å². The van der Waals surface area contributed by atoms with Crippen LogP contribution in [0, 0.1) is 5.82 Å². The fourth-order valence-electron chi connectivity index (χ4n) is 1.49. The van der Waals surface area contributed by atoms with Gasteiger partial charge in [-0.05, 0) is 40.2 Å². The van der Waals surface area contributed by atoms with Gasteiger partial charge in [-0.1, -0.05) is 40.9 Å². The molecular formula is C13H6BrCl3FNO. The Kier molecular flexibility index (Phi) is 4.91. The minimum Gasteiger partial charge on any atom is -0.321 e. The number of benzene rings is 2. The van der Waals surface area contributed by atoms with Gasteiger partial charge in [0.1, 0.15) is 5.82 Å². The van der Waals surface area contributed by atoms with Crippen molar-refractivity contribution in [2.24, 2.45) is 0 Å². The van der Waals surface area contributed by atoms with E-state index in [9.17, 15) is 9.18 Å². The number of anilines is 1. The van der Waals surface area contributed by atoms with Crippen LogP contribution in [0.15, 0.2) is 34.8 Å². The molecule has 1 N–H and O–H groups in total. The van der Waals surface area contributed by atoms with E-state index in [4.69, 9.17) is 34.8 Å². The Morgan fingerprint density at radius 2 is 1.75 bits per heavy atom. The summed E-state index contributed by atoms with van der Waals surface area (Å²) in [4.78, 5) is 12.1. The second-order valence-electron chi connectivity index (χ2n) is 3.80. The topological polar surface area (TPSA) is 29.1 Å². The highest BCUT2D eigenvalue weighted by Crippen LogP contribution is 2.33. The van der Waals surface area contributed by atoms with Crippen molar-refractivity contribution in [1.29, 1.82) is 0 Å². The van der Waals surface area contributed by atoms with Crippen molar-refractivity contribution >= 4 is 62.3 Å². The lowest BCUT2D eigenvalue weighted by atomic mass is 10.2. The monoisotopic (exact) mass is 395 g/mol. The standard InChI is InChI=1S/C13H6BrCl3FNO/c14-12-6(2-1-3-10(12)18)13(20)19-11-5-8(16)7(15)4-9(11)17/h1-5H,(H,19,20). The number of hydrogen-bond acceptors (Lipinski definition) is 1. The van der Waals surface area contributed by atoms with E-state index in [-0.39, 0.29) is 25.1 Å². The van der Waals surface area contributed by atoms with Gasteiger partial charge in [0.05, 0.1) is 30.8 Å². The van der Waals surface area contributed by atoms with Gasteiger partial charge in [-0.3, -0.25) is 4.79 Å². The lowest BCUT2D eigenvalue weighted by Gasteiger charge is -2.10. The van der Waals surface area contributed by atoms with Crippen molar-refractivity contribution in [3.8, 4) is 0 Å². The number of amides is 1. The summed E-state index contributed by atoms with van der Waals surface area (Å²) in [6, 6.07) is 7.01. The molecule has 0 bridgehead atoms. The first-order valence-corrected chi connectivity index (χ1v) is 7.22. The zero-order valence-electron chi connectivity index (χ0n) is 9.68. The highest BCUT2D eigenvalue weighted by molar-refractivity contribution is 9.10. The van der Waals surface area contributed by atoms with Gasteiger partial charge in [-0.25, -0.2) is 4.39 Å². The molecule has 0 heterocycles. The summed E-state index contributed by atoms with van der Waals surface area (Å²) in [5, 5.41) is 3.32. The molecule has 104 valence electrons. The number of rotatable bonds is 2. The van der Waals surface area contributed by atoms with Gasteiger partial charge in [-0.15, -0.1) is 0 Å². The Morgan fingerprint density at radius 3 is 2.45 bits per heavy atom. The Morgan fingerprint density at radius 1 is 1.10 bits per heavy atom. The summed E-state index contributed by atoms with van der Waals surface area (Å²) in [5.41, 5.74) is 0.439. The fraction of sp³-hybridized carbons (Fsp3) is 0. The molecule has 0 saturated carbocycles. The first kappa shape index (κ1) is 15.6. The molecule has 0 radical (unpaired) electrons. The molecule has 2 aromatic rings. The third kappa shape index (κ3) is 3.26. The van der Waals surface area contributed by atoms with Crippen LogP contribution in [-0.4, -0.2) is 5.91 Å². The maximum Gasteiger partial charge on any atom is 0.256 e. The van der Waals surface area contributed by atoms with Crippen LogP contribution in [-0.2, 0) is 0 Å². The molecule has 20 heavy (non-hydrogen) atoms. The minimum absolute atomic E-state index is 0.0775. The molecule has 0 aliphatic heterocycles. The molecule has 0 unspecified atom stereocenters. The molecule has 0 aromatic heterocycles. The zero-order valence-corrected chi connectivity index (χ0v) is 13.5. The lowest BCUT2D eigenvalue weighted by Crippen LogP contribution is -2.13. The second kappa shape index (κ2) is 6.31. The third-order valence-corrected chi connectivity index (χ3v) is 4.30. The molecule has 0 saturated heterocycles. The van der Waals surface area contributed by atoms with Crippen LogP contribution in [0.3, 0.4) is 0 Å². The summed E-state index contributed by atoms with van der Waals surface area (Å²) in [7, 11) is 0. The summed E-state index contributed by atoms with van der Waals surface area (Å²) >= 11 is 20.6. The van der Waals surface area contributed by atoms with Gasteiger partial charge in [-0.2, -0.15) is 0 Å². The van der Waals surface area contributed by atoms with Gasteiger partial charge in [0.2, 0.25) is 0 Å². The van der Waals surface area contributed by atoms with Crippen LogP contribution in [0.5, 0.6) is 0 Å². The summed E-state index contributed by atoms with van der Waals surface area (Å²) < 4.78 is 13.5. The van der Waals surface area contributed by atoms with E-state index < -0.39 is 11.7 Å². The molecule has 2 nitrogen and oxygen atoms in total. The van der Waals surface area contributed by atoms with Gasteiger partial charge >= 0.3 is 0 Å². The van der Waals surface area contributed by atoms with Crippen molar-refractivity contribution in [2.45, 2.75) is 0 Å². The predicted molar refractivity (Wildman–Crippen MR) is 83.5 cm³/mol. The summed E-state index contributed by atoms with van der Waals surface area (Å²) in [6.07, 6.45) is 0. The van der Waals surface area contributed by atoms with Crippen molar-refractivity contribution < 1.29 is 9.18 Å². The fourth-order valence-corrected chi connectivity index (χ4v) is 2.53. The molecule has 0 aliphatic carbocycles. The van der Waals surface area contributed by atoms with E-state index in [0.717, 1.165) is 0 Å². The van der Waals surface area contributed by atoms with Crippen molar-refractivity contribution in [3.63, 3.8) is 0 Å². The number of carbonyl (C=O) groups is 1. The Bertz CT molecular complexity index is 694. The molecule has 0 fully saturated rings. The van der Waals surface area contributed by atoms with Crippen molar-refractivity contribution in [1.82, 2.24) is 0 Å². The number of carbonyl (C=O) groups excluding carboxylic acids is 1. The summed E-state index contributed by atoms with van der Waals surface area (Å²) in [6.45, 7) is 0. The molecule has 0 atom stereocenters. The Hall–Kier alpha value is -0.810. The van der Waals surface area contributed by atoms with E-state index in [0.29, 0.717) is 5.69 Å². The van der Waals surface area contributed by atoms with Gasteiger partial charge in [0, 0.05) is 0 Å². The van der Waals surface area contributed by atoms with Crippen LogP contribution < -0.4 is 5.32 Å². The molecule has 1 amide bonds. The molecule has 2 rings (SSSR count). The molecule has 0 spiro atoms. The normalized spacial score (nSPS) is 10.4. The van der Waals surface area contributed by atoms with Crippen LogP contribution in [0.2, 0.25) is 15.1 Å². The van der Waals surface area contributed by atoms with Gasteiger partial charge in [0.15, 0.2) is 0 Å². The first-order chi connectivity index (χ1) is 9.40. The zero-order chi connectivity index (χ0) is 14.9. The predicted octanol–water partition coefficient (Wildman–Crippen LogP) is 5.80. The van der Waals surface area contributed by atoms with Crippen LogP contribution in [0.4, 0.5) is 10.1 Å². The molecule has 2 aromatic carbocycles. The highest BCUT2D eigenvalue weighted by atomic mass is 79.9. The molecular weight excluding hydrogens is 391 g/mol. The quantitative estimate of drug-likeness (QED) is 0.638.